The summed E-state index contributed by atoms with van der Waals surface area (Å²) in [6.45, 7) is 0.272. The van der Waals surface area contributed by atoms with Crippen LogP contribution >= 0.6 is 11.6 Å². The van der Waals surface area contributed by atoms with Gasteiger partial charge < -0.3 is 15.0 Å². The molecule has 0 spiro atoms. The normalized spacial score (nSPS) is 16.5. The van der Waals surface area contributed by atoms with Gasteiger partial charge in [0.2, 0.25) is 11.8 Å². The first-order valence-electron chi connectivity index (χ1n) is 8.03. The number of hydrogen-bond acceptors (Lipinski definition) is 4. The van der Waals surface area contributed by atoms with E-state index in [1.165, 1.54) is 12.0 Å². The van der Waals surface area contributed by atoms with Gasteiger partial charge in [0.1, 0.15) is 0 Å². The standard InChI is InChI=1S/C19H17ClN2O4/c1-26-19(25)12-6-8-14(9-7-12)21-18(24)13-10-17(23)22(11-13)16-5-3-2-4-15(16)20/h2-9,13H,10-11H2,1H3,(H,21,24)/t13-/m1/s1. The second-order valence-corrected chi connectivity index (χ2v) is 6.32. The predicted octanol–water partition coefficient (Wildman–Crippen LogP) is 3.12. The lowest BCUT2D eigenvalue weighted by Crippen LogP contribution is -2.28. The summed E-state index contributed by atoms with van der Waals surface area (Å²) in [5, 5.41) is 3.24. The van der Waals surface area contributed by atoms with Crippen molar-refractivity contribution in [3.63, 3.8) is 0 Å². The van der Waals surface area contributed by atoms with Crippen LogP contribution in [0.1, 0.15) is 16.8 Å². The molecule has 134 valence electrons. The van der Waals surface area contributed by atoms with Crippen LogP contribution in [-0.4, -0.2) is 31.4 Å². The molecule has 0 radical (unpaired) electrons. The maximum atomic E-state index is 12.5. The molecule has 2 aromatic rings. The molecule has 1 saturated heterocycles. The van der Waals surface area contributed by atoms with Crippen molar-refractivity contribution in [1.29, 1.82) is 0 Å². The summed E-state index contributed by atoms with van der Waals surface area (Å²) in [5.41, 5.74) is 1.55. The summed E-state index contributed by atoms with van der Waals surface area (Å²) in [6.07, 6.45) is 0.122. The molecule has 2 amide bonds. The molecule has 2 aromatic carbocycles. The van der Waals surface area contributed by atoms with Gasteiger partial charge in [0, 0.05) is 18.7 Å². The fourth-order valence-electron chi connectivity index (χ4n) is 2.84. The third-order valence-corrected chi connectivity index (χ3v) is 4.53. The minimum absolute atomic E-state index is 0.122. The Balaban J connectivity index is 1.67. The Morgan fingerprint density at radius 1 is 1.15 bits per heavy atom. The minimum atomic E-state index is -0.473. The van der Waals surface area contributed by atoms with Crippen LogP contribution in [0.2, 0.25) is 5.02 Å². The van der Waals surface area contributed by atoms with Gasteiger partial charge in [-0.1, -0.05) is 23.7 Å². The van der Waals surface area contributed by atoms with E-state index in [4.69, 9.17) is 11.6 Å². The van der Waals surface area contributed by atoms with Crippen LogP contribution in [0.3, 0.4) is 0 Å². The summed E-state index contributed by atoms with van der Waals surface area (Å²) in [5.74, 6) is -1.31. The van der Waals surface area contributed by atoms with Crippen molar-refractivity contribution in [2.75, 3.05) is 23.9 Å². The van der Waals surface area contributed by atoms with Gasteiger partial charge in [0.25, 0.3) is 0 Å². The average Bonchev–Trinajstić information content (AvgIpc) is 3.04. The van der Waals surface area contributed by atoms with E-state index in [2.05, 4.69) is 10.1 Å². The summed E-state index contributed by atoms with van der Waals surface area (Å²) < 4.78 is 4.63. The molecule has 7 heteroatoms. The number of carbonyl (C=O) groups is 3. The molecule has 1 atom stereocenters. The molecule has 0 aliphatic carbocycles. The highest BCUT2D eigenvalue weighted by Gasteiger charge is 2.35. The van der Waals surface area contributed by atoms with Gasteiger partial charge in [-0.05, 0) is 36.4 Å². The fourth-order valence-corrected chi connectivity index (χ4v) is 3.08. The van der Waals surface area contributed by atoms with E-state index in [1.54, 1.807) is 48.5 Å². The highest BCUT2D eigenvalue weighted by atomic mass is 35.5. The Hall–Kier alpha value is -2.86. The second kappa shape index (κ2) is 7.58. The third-order valence-electron chi connectivity index (χ3n) is 4.21. The maximum Gasteiger partial charge on any atom is 0.337 e. The number of ether oxygens (including phenoxy) is 1. The van der Waals surface area contributed by atoms with Crippen molar-refractivity contribution in [3.8, 4) is 0 Å². The van der Waals surface area contributed by atoms with Crippen molar-refractivity contribution in [1.82, 2.24) is 0 Å². The van der Waals surface area contributed by atoms with Crippen LogP contribution in [0.5, 0.6) is 0 Å². The van der Waals surface area contributed by atoms with Gasteiger partial charge in [-0.2, -0.15) is 0 Å². The van der Waals surface area contributed by atoms with E-state index in [0.717, 1.165) is 0 Å². The van der Waals surface area contributed by atoms with E-state index in [-0.39, 0.29) is 24.8 Å². The molecule has 0 saturated carbocycles. The van der Waals surface area contributed by atoms with Gasteiger partial charge in [-0.25, -0.2) is 4.79 Å². The Morgan fingerprint density at radius 3 is 2.50 bits per heavy atom. The Morgan fingerprint density at radius 2 is 1.85 bits per heavy atom. The number of hydrogen-bond donors (Lipinski definition) is 1. The first-order chi connectivity index (χ1) is 12.5. The average molecular weight is 373 g/mol. The van der Waals surface area contributed by atoms with Crippen LogP contribution < -0.4 is 10.2 Å². The van der Waals surface area contributed by atoms with Crippen molar-refractivity contribution >= 4 is 40.8 Å². The SMILES string of the molecule is COC(=O)c1ccc(NC(=O)[C@@H]2CC(=O)N(c3ccccc3Cl)C2)cc1. The molecule has 1 heterocycles. The molecule has 0 aromatic heterocycles. The topological polar surface area (TPSA) is 75.7 Å². The molecule has 1 fully saturated rings. The van der Waals surface area contributed by atoms with Crippen LogP contribution in [-0.2, 0) is 14.3 Å². The van der Waals surface area contributed by atoms with Crippen LogP contribution in [0.25, 0.3) is 0 Å². The fraction of sp³-hybridized carbons (Fsp3) is 0.211. The lowest BCUT2D eigenvalue weighted by molar-refractivity contribution is -0.122. The van der Waals surface area contributed by atoms with Crippen molar-refractivity contribution < 1.29 is 19.1 Å². The number of nitrogens with one attached hydrogen (secondary N) is 1. The molecule has 3 rings (SSSR count). The monoisotopic (exact) mass is 372 g/mol. The number of carbonyl (C=O) groups excluding carboxylic acids is 3. The number of amides is 2. The molecule has 0 unspecified atom stereocenters. The number of halogens is 1. The Bertz CT molecular complexity index is 851. The highest BCUT2D eigenvalue weighted by Crippen LogP contribution is 2.31. The third kappa shape index (κ3) is 3.70. The van der Waals surface area contributed by atoms with Crippen LogP contribution in [0.15, 0.2) is 48.5 Å². The number of nitrogens with zero attached hydrogens (tertiary/aromatic N) is 1. The molecule has 1 aliphatic rings. The van der Waals surface area contributed by atoms with Gasteiger partial charge in [0.05, 0.1) is 29.3 Å². The zero-order chi connectivity index (χ0) is 18.7. The lowest BCUT2D eigenvalue weighted by atomic mass is 10.1. The molecule has 26 heavy (non-hydrogen) atoms. The van der Waals surface area contributed by atoms with Gasteiger partial charge in [0.15, 0.2) is 0 Å². The van der Waals surface area contributed by atoms with Gasteiger partial charge in [-0.3, -0.25) is 9.59 Å². The van der Waals surface area contributed by atoms with Crippen molar-refractivity contribution in [3.05, 3.63) is 59.1 Å². The molecular formula is C19H17ClN2O4. The van der Waals surface area contributed by atoms with E-state index >= 15 is 0 Å². The summed E-state index contributed by atoms with van der Waals surface area (Å²) in [4.78, 5) is 37.7. The predicted molar refractivity (Wildman–Crippen MR) is 98.3 cm³/mol. The maximum absolute atomic E-state index is 12.5. The highest BCUT2D eigenvalue weighted by molar-refractivity contribution is 6.33. The summed E-state index contributed by atoms with van der Waals surface area (Å²) in [7, 11) is 1.31. The number of benzene rings is 2. The molecular weight excluding hydrogens is 356 g/mol. The second-order valence-electron chi connectivity index (χ2n) is 5.91. The number of anilines is 2. The Labute approximate surface area is 155 Å². The minimum Gasteiger partial charge on any atom is -0.465 e. The van der Waals surface area contributed by atoms with Gasteiger partial charge >= 0.3 is 5.97 Å². The van der Waals surface area contributed by atoms with Crippen LogP contribution in [0.4, 0.5) is 11.4 Å². The zero-order valence-corrected chi connectivity index (χ0v) is 14.8. The number of rotatable bonds is 4. The lowest BCUT2D eigenvalue weighted by Gasteiger charge is -2.18. The summed E-state index contributed by atoms with van der Waals surface area (Å²) >= 11 is 6.15. The molecule has 1 aliphatic heterocycles. The van der Waals surface area contributed by atoms with E-state index in [9.17, 15) is 14.4 Å². The quantitative estimate of drug-likeness (QED) is 0.837. The zero-order valence-electron chi connectivity index (χ0n) is 14.1. The Kier molecular flexibility index (Phi) is 5.23. The van der Waals surface area contributed by atoms with E-state index < -0.39 is 11.9 Å². The largest absolute Gasteiger partial charge is 0.465 e. The first kappa shape index (κ1) is 17.9. The number of esters is 1. The smallest absolute Gasteiger partial charge is 0.337 e. The first-order valence-corrected chi connectivity index (χ1v) is 8.41. The molecule has 0 bridgehead atoms. The summed E-state index contributed by atoms with van der Waals surface area (Å²) in [6, 6.07) is 13.4. The van der Waals surface area contributed by atoms with Crippen molar-refractivity contribution in [2.45, 2.75) is 6.42 Å². The molecule has 6 nitrogen and oxygen atoms in total. The van der Waals surface area contributed by atoms with E-state index in [0.29, 0.717) is 22.0 Å². The van der Waals surface area contributed by atoms with Crippen molar-refractivity contribution in [2.24, 2.45) is 5.92 Å². The van der Waals surface area contributed by atoms with E-state index in [1.807, 2.05) is 0 Å². The number of methoxy groups -OCH3 is 1. The van der Waals surface area contributed by atoms with Gasteiger partial charge in [-0.15, -0.1) is 0 Å². The van der Waals surface area contributed by atoms with Crippen LogP contribution in [0, 0.1) is 5.92 Å². The molecule has 1 N–H and O–H groups in total. The number of para-hydroxylation sites is 1.